The summed E-state index contributed by atoms with van der Waals surface area (Å²) in [5, 5.41) is 6.89. The first-order valence-electron chi connectivity index (χ1n) is 8.18. The summed E-state index contributed by atoms with van der Waals surface area (Å²) in [4.78, 5) is 26.2. The Morgan fingerprint density at radius 3 is 2.88 bits per heavy atom. The highest BCUT2D eigenvalue weighted by Crippen LogP contribution is 2.31. The number of piperidine rings is 1. The second kappa shape index (κ2) is 8.70. The number of hydrogen-bond donors (Lipinski definition) is 2. The molecule has 1 aromatic rings. The number of amides is 2. The molecule has 3 rings (SSSR count). The van der Waals surface area contributed by atoms with Crippen molar-refractivity contribution in [3.05, 3.63) is 29.3 Å². The Kier molecular flexibility index (Phi) is 6.90. The fourth-order valence-corrected chi connectivity index (χ4v) is 3.51. The third-order valence-electron chi connectivity index (χ3n) is 4.60. The number of nitrogens with one attached hydrogen (secondary N) is 2. The topological polar surface area (TPSA) is 61.4 Å². The van der Waals surface area contributed by atoms with Gasteiger partial charge in [-0.05, 0) is 44.0 Å². The normalized spacial score (nSPS) is 23.7. The van der Waals surface area contributed by atoms with Crippen LogP contribution in [0.3, 0.4) is 0 Å². The van der Waals surface area contributed by atoms with Crippen LogP contribution in [0, 0.1) is 11.8 Å². The summed E-state index contributed by atoms with van der Waals surface area (Å²) in [5.41, 5.74) is 0.686. The van der Waals surface area contributed by atoms with Crippen LogP contribution in [0.2, 0.25) is 5.02 Å². The Morgan fingerprint density at radius 1 is 1.38 bits per heavy atom. The molecule has 2 aliphatic heterocycles. The third kappa shape index (κ3) is 4.41. The van der Waals surface area contributed by atoms with Crippen molar-refractivity contribution in [3.8, 4) is 0 Å². The molecule has 0 spiro atoms. The first-order valence-corrected chi connectivity index (χ1v) is 8.56. The zero-order valence-electron chi connectivity index (χ0n) is 13.5. The first kappa shape index (κ1) is 19.0. The predicted octanol–water partition coefficient (Wildman–Crippen LogP) is 2.23. The summed E-state index contributed by atoms with van der Waals surface area (Å²) in [7, 11) is 0. The van der Waals surface area contributed by atoms with E-state index in [9.17, 15) is 9.59 Å². The third-order valence-corrected chi connectivity index (χ3v) is 4.92. The van der Waals surface area contributed by atoms with E-state index < -0.39 is 0 Å². The second-order valence-electron chi connectivity index (χ2n) is 6.31. The van der Waals surface area contributed by atoms with Gasteiger partial charge in [0.25, 0.3) is 0 Å². The maximum absolute atomic E-state index is 12.4. The molecular formula is C17H23Cl2N3O2. The molecule has 132 valence electrons. The van der Waals surface area contributed by atoms with Crippen molar-refractivity contribution >= 4 is 41.5 Å². The number of halogens is 2. The van der Waals surface area contributed by atoms with Crippen LogP contribution in [0.15, 0.2) is 24.3 Å². The minimum atomic E-state index is -0.296. The molecule has 2 N–H and O–H groups in total. The minimum absolute atomic E-state index is 0. The summed E-state index contributed by atoms with van der Waals surface area (Å²) in [6.45, 7) is 3.10. The Morgan fingerprint density at radius 2 is 2.17 bits per heavy atom. The molecule has 2 unspecified atom stereocenters. The molecule has 2 fully saturated rings. The number of benzene rings is 1. The monoisotopic (exact) mass is 371 g/mol. The largest absolute Gasteiger partial charge is 0.355 e. The Labute approximate surface area is 153 Å². The summed E-state index contributed by atoms with van der Waals surface area (Å²) >= 11 is 6.16. The van der Waals surface area contributed by atoms with Crippen molar-refractivity contribution < 1.29 is 9.59 Å². The van der Waals surface area contributed by atoms with Gasteiger partial charge in [-0.25, -0.2) is 0 Å². The van der Waals surface area contributed by atoms with Crippen LogP contribution in [-0.4, -0.2) is 38.0 Å². The van der Waals surface area contributed by atoms with Crippen LogP contribution in [0.1, 0.15) is 19.3 Å². The first-order chi connectivity index (χ1) is 11.1. The van der Waals surface area contributed by atoms with Crippen LogP contribution >= 0.6 is 24.0 Å². The molecule has 0 bridgehead atoms. The van der Waals surface area contributed by atoms with Gasteiger partial charge in [0.15, 0.2) is 0 Å². The number of anilines is 1. The van der Waals surface area contributed by atoms with E-state index in [1.54, 1.807) is 11.0 Å². The number of nitrogens with zero attached hydrogens (tertiary/aromatic N) is 1. The van der Waals surface area contributed by atoms with Crippen LogP contribution < -0.4 is 15.5 Å². The molecule has 7 heteroatoms. The lowest BCUT2D eigenvalue weighted by molar-refractivity contribution is -0.126. The Balaban J connectivity index is 0.00000208. The number of para-hydroxylation sites is 1. The molecule has 0 aromatic heterocycles. The van der Waals surface area contributed by atoms with Gasteiger partial charge in [0, 0.05) is 19.5 Å². The van der Waals surface area contributed by atoms with Gasteiger partial charge in [-0.15, -0.1) is 12.4 Å². The summed E-state index contributed by atoms with van der Waals surface area (Å²) in [6, 6.07) is 7.24. The smallest absolute Gasteiger partial charge is 0.227 e. The SMILES string of the molecule is Cl.O=C(NCC1CCCNC1)C1CC(=O)N(c2ccccc2Cl)C1. The second-order valence-corrected chi connectivity index (χ2v) is 6.72. The fourth-order valence-electron chi connectivity index (χ4n) is 3.27. The maximum atomic E-state index is 12.4. The van der Waals surface area contributed by atoms with E-state index in [1.165, 1.54) is 0 Å². The standard InChI is InChI=1S/C17H22ClN3O2.ClH/c18-14-5-1-2-6-15(14)21-11-13(8-16(21)22)17(23)20-10-12-4-3-7-19-9-12;/h1-2,5-6,12-13,19H,3-4,7-11H2,(H,20,23);1H. The molecule has 2 saturated heterocycles. The van der Waals surface area contributed by atoms with Crippen molar-refractivity contribution in [1.82, 2.24) is 10.6 Å². The van der Waals surface area contributed by atoms with E-state index in [2.05, 4.69) is 10.6 Å². The quantitative estimate of drug-likeness (QED) is 0.852. The van der Waals surface area contributed by atoms with E-state index >= 15 is 0 Å². The highest BCUT2D eigenvalue weighted by Gasteiger charge is 2.35. The average Bonchev–Trinajstić information content (AvgIpc) is 2.96. The molecule has 0 saturated carbocycles. The van der Waals surface area contributed by atoms with Gasteiger partial charge in [-0.3, -0.25) is 9.59 Å². The molecule has 1 aromatic carbocycles. The number of carbonyl (C=O) groups excluding carboxylic acids is 2. The highest BCUT2D eigenvalue weighted by atomic mass is 35.5. The van der Waals surface area contributed by atoms with Crippen LogP contribution in [0.4, 0.5) is 5.69 Å². The molecule has 5 nitrogen and oxygen atoms in total. The Hall–Kier alpha value is -1.30. The molecule has 0 aliphatic carbocycles. The van der Waals surface area contributed by atoms with Gasteiger partial charge in [-0.1, -0.05) is 23.7 Å². The summed E-state index contributed by atoms with van der Waals surface area (Å²) in [5.74, 6) is 0.121. The van der Waals surface area contributed by atoms with Gasteiger partial charge < -0.3 is 15.5 Å². The van der Waals surface area contributed by atoms with E-state index in [-0.39, 0.29) is 36.6 Å². The van der Waals surface area contributed by atoms with Crippen molar-refractivity contribution in [2.75, 3.05) is 31.1 Å². The van der Waals surface area contributed by atoms with Crippen molar-refractivity contribution in [1.29, 1.82) is 0 Å². The molecule has 24 heavy (non-hydrogen) atoms. The van der Waals surface area contributed by atoms with Crippen LogP contribution in [0.5, 0.6) is 0 Å². The van der Waals surface area contributed by atoms with Crippen molar-refractivity contribution in [2.45, 2.75) is 19.3 Å². The minimum Gasteiger partial charge on any atom is -0.355 e. The van der Waals surface area contributed by atoms with Crippen LogP contribution in [-0.2, 0) is 9.59 Å². The van der Waals surface area contributed by atoms with Gasteiger partial charge in [0.2, 0.25) is 11.8 Å². The Bertz CT molecular complexity index is 591. The van der Waals surface area contributed by atoms with E-state index in [4.69, 9.17) is 11.6 Å². The van der Waals surface area contributed by atoms with Gasteiger partial charge in [-0.2, -0.15) is 0 Å². The number of rotatable bonds is 4. The molecular weight excluding hydrogens is 349 g/mol. The van der Waals surface area contributed by atoms with Crippen LogP contribution in [0.25, 0.3) is 0 Å². The zero-order valence-corrected chi connectivity index (χ0v) is 15.0. The zero-order chi connectivity index (χ0) is 16.2. The predicted molar refractivity (Wildman–Crippen MR) is 97.8 cm³/mol. The van der Waals surface area contributed by atoms with Crippen molar-refractivity contribution in [3.63, 3.8) is 0 Å². The fraction of sp³-hybridized carbons (Fsp3) is 0.529. The molecule has 2 aliphatic rings. The number of hydrogen-bond acceptors (Lipinski definition) is 3. The lowest BCUT2D eigenvalue weighted by Gasteiger charge is -2.23. The maximum Gasteiger partial charge on any atom is 0.227 e. The molecule has 2 heterocycles. The van der Waals surface area contributed by atoms with E-state index in [0.717, 1.165) is 25.9 Å². The van der Waals surface area contributed by atoms with Gasteiger partial charge in [0.05, 0.1) is 16.6 Å². The molecule has 2 atom stereocenters. The summed E-state index contributed by atoms with van der Waals surface area (Å²) in [6.07, 6.45) is 2.55. The summed E-state index contributed by atoms with van der Waals surface area (Å²) < 4.78 is 0. The lowest BCUT2D eigenvalue weighted by Crippen LogP contribution is -2.40. The van der Waals surface area contributed by atoms with Gasteiger partial charge in [0.1, 0.15) is 0 Å². The van der Waals surface area contributed by atoms with E-state index in [1.807, 2.05) is 18.2 Å². The molecule has 2 amide bonds. The molecule has 0 radical (unpaired) electrons. The highest BCUT2D eigenvalue weighted by molar-refractivity contribution is 6.33. The van der Waals surface area contributed by atoms with Crippen molar-refractivity contribution in [2.24, 2.45) is 11.8 Å². The number of carbonyl (C=O) groups is 2. The average molecular weight is 372 g/mol. The van der Waals surface area contributed by atoms with Gasteiger partial charge >= 0.3 is 0 Å². The lowest BCUT2D eigenvalue weighted by atomic mass is 9.99. The van der Waals surface area contributed by atoms with E-state index in [0.29, 0.717) is 29.7 Å².